The van der Waals surface area contributed by atoms with Crippen molar-refractivity contribution in [3.05, 3.63) is 59.3 Å². The number of aromatic nitrogens is 1. The van der Waals surface area contributed by atoms with E-state index in [9.17, 15) is 8.78 Å². The van der Waals surface area contributed by atoms with Crippen molar-refractivity contribution in [2.45, 2.75) is 51.0 Å². The minimum Gasteiger partial charge on any atom is -0.490 e. The summed E-state index contributed by atoms with van der Waals surface area (Å²) in [6, 6.07) is 10.00. The number of nitrogens with zero attached hydrogens (tertiary/aromatic N) is 3. The molecule has 2 saturated heterocycles. The predicted octanol–water partition coefficient (Wildman–Crippen LogP) is 5.74. The quantitative estimate of drug-likeness (QED) is 0.394. The van der Waals surface area contributed by atoms with E-state index in [2.05, 4.69) is 15.0 Å². The molecule has 2 aromatic carbocycles. The van der Waals surface area contributed by atoms with Gasteiger partial charge in [-0.15, -0.1) is 0 Å². The van der Waals surface area contributed by atoms with Crippen molar-refractivity contribution in [1.82, 2.24) is 15.0 Å². The number of benzene rings is 2. The standard InChI is InChI=1S/C27H33F2N3O2/c28-22-6-7-23-26(18-22)34-30-27(23)21-9-14-31(15-10-21)13-4-16-33-25-8-5-20(17-24(25)29)19-32-11-2-1-3-12-32/h5-8,17-18,21H,1-4,9-16,19H2. The maximum atomic E-state index is 14.5. The molecule has 0 bridgehead atoms. The zero-order valence-electron chi connectivity index (χ0n) is 19.6. The first kappa shape index (κ1) is 23.2. The number of piperidine rings is 2. The summed E-state index contributed by atoms with van der Waals surface area (Å²) in [5.74, 6) is 0.0998. The molecule has 2 aliphatic heterocycles. The molecule has 2 fully saturated rings. The van der Waals surface area contributed by atoms with Gasteiger partial charge in [0.05, 0.1) is 12.3 Å². The van der Waals surface area contributed by atoms with E-state index in [0.29, 0.717) is 23.9 Å². The van der Waals surface area contributed by atoms with Gasteiger partial charge in [0.25, 0.3) is 0 Å². The lowest BCUT2D eigenvalue weighted by Gasteiger charge is -2.31. The van der Waals surface area contributed by atoms with Crippen LogP contribution in [0.4, 0.5) is 8.78 Å². The monoisotopic (exact) mass is 469 g/mol. The molecule has 34 heavy (non-hydrogen) atoms. The van der Waals surface area contributed by atoms with E-state index >= 15 is 0 Å². The van der Waals surface area contributed by atoms with Crippen molar-refractivity contribution in [2.24, 2.45) is 0 Å². The SMILES string of the molecule is Fc1ccc2c(C3CCN(CCCOc4ccc(CN5CCCCC5)cc4F)CC3)noc2c1. The van der Waals surface area contributed by atoms with Crippen LogP contribution in [0.3, 0.4) is 0 Å². The Labute approximate surface area is 199 Å². The number of likely N-dealkylation sites (tertiary alicyclic amines) is 2. The minimum atomic E-state index is -0.305. The van der Waals surface area contributed by atoms with Crippen molar-refractivity contribution in [1.29, 1.82) is 0 Å². The molecule has 5 nitrogen and oxygen atoms in total. The summed E-state index contributed by atoms with van der Waals surface area (Å²) in [7, 11) is 0. The number of hydrogen-bond donors (Lipinski definition) is 0. The van der Waals surface area contributed by atoms with E-state index in [4.69, 9.17) is 9.26 Å². The first-order valence-electron chi connectivity index (χ1n) is 12.6. The highest BCUT2D eigenvalue weighted by atomic mass is 19.1. The normalized spacial score (nSPS) is 18.5. The molecule has 0 saturated carbocycles. The van der Waals surface area contributed by atoms with Crippen LogP contribution in [0.15, 0.2) is 40.9 Å². The summed E-state index contributed by atoms with van der Waals surface area (Å²) in [6.07, 6.45) is 6.61. The zero-order chi connectivity index (χ0) is 23.3. The highest BCUT2D eigenvalue weighted by molar-refractivity contribution is 5.79. The molecule has 3 heterocycles. The van der Waals surface area contributed by atoms with Crippen molar-refractivity contribution in [3.63, 3.8) is 0 Å². The summed E-state index contributed by atoms with van der Waals surface area (Å²) in [6.45, 7) is 6.39. The Morgan fingerprint density at radius 3 is 2.56 bits per heavy atom. The molecule has 0 amide bonds. The van der Waals surface area contributed by atoms with Gasteiger partial charge in [-0.3, -0.25) is 4.90 Å². The molecule has 0 radical (unpaired) electrons. The van der Waals surface area contributed by atoms with Crippen LogP contribution < -0.4 is 4.74 Å². The van der Waals surface area contributed by atoms with Crippen molar-refractivity contribution in [2.75, 3.05) is 39.3 Å². The summed E-state index contributed by atoms with van der Waals surface area (Å²) < 4.78 is 39.0. The molecule has 7 heteroatoms. The first-order chi connectivity index (χ1) is 16.7. The van der Waals surface area contributed by atoms with Gasteiger partial charge in [0.2, 0.25) is 0 Å². The highest BCUT2D eigenvalue weighted by Crippen LogP contribution is 2.32. The number of ether oxygens (including phenoxy) is 1. The van der Waals surface area contributed by atoms with E-state index in [1.807, 2.05) is 6.07 Å². The first-order valence-corrected chi connectivity index (χ1v) is 12.6. The molecule has 3 aromatic rings. The highest BCUT2D eigenvalue weighted by Gasteiger charge is 2.25. The summed E-state index contributed by atoms with van der Waals surface area (Å²) in [5, 5.41) is 5.14. The maximum absolute atomic E-state index is 14.5. The van der Waals surface area contributed by atoms with Crippen LogP contribution in [0.25, 0.3) is 11.0 Å². The fourth-order valence-electron chi connectivity index (χ4n) is 5.26. The fourth-order valence-corrected chi connectivity index (χ4v) is 5.26. The van der Waals surface area contributed by atoms with Crippen LogP contribution in [-0.4, -0.2) is 54.3 Å². The molecule has 0 atom stereocenters. The smallest absolute Gasteiger partial charge is 0.170 e. The fraction of sp³-hybridized carbons (Fsp3) is 0.519. The Balaban J connectivity index is 1.04. The van der Waals surface area contributed by atoms with E-state index in [-0.39, 0.29) is 11.6 Å². The van der Waals surface area contributed by atoms with E-state index in [1.165, 1.54) is 31.4 Å². The zero-order valence-corrected chi connectivity index (χ0v) is 19.6. The second kappa shape index (κ2) is 10.8. The summed E-state index contributed by atoms with van der Waals surface area (Å²) in [5.41, 5.74) is 2.47. The van der Waals surface area contributed by atoms with Crippen LogP contribution >= 0.6 is 0 Å². The second-order valence-corrected chi connectivity index (χ2v) is 9.63. The van der Waals surface area contributed by atoms with Crippen LogP contribution in [0, 0.1) is 11.6 Å². The van der Waals surface area contributed by atoms with Crippen LogP contribution in [0.2, 0.25) is 0 Å². The largest absolute Gasteiger partial charge is 0.490 e. The van der Waals surface area contributed by atoms with Crippen molar-refractivity contribution in [3.8, 4) is 5.75 Å². The van der Waals surface area contributed by atoms with Gasteiger partial charge >= 0.3 is 0 Å². The van der Waals surface area contributed by atoms with Crippen molar-refractivity contribution >= 4 is 11.0 Å². The predicted molar refractivity (Wildman–Crippen MR) is 128 cm³/mol. The lowest BCUT2D eigenvalue weighted by atomic mass is 9.91. The van der Waals surface area contributed by atoms with Crippen LogP contribution in [0.1, 0.15) is 55.7 Å². The molecule has 1 aromatic heterocycles. The van der Waals surface area contributed by atoms with Crippen molar-refractivity contribution < 1.29 is 18.0 Å². The number of hydrogen-bond acceptors (Lipinski definition) is 5. The molecule has 2 aliphatic rings. The molecule has 0 N–H and O–H groups in total. The molecular formula is C27H33F2N3O2. The second-order valence-electron chi connectivity index (χ2n) is 9.63. The van der Waals surface area contributed by atoms with Crippen LogP contribution in [0.5, 0.6) is 5.75 Å². The molecule has 182 valence electrons. The van der Waals surface area contributed by atoms with Gasteiger partial charge in [-0.05, 0) is 88.1 Å². The lowest BCUT2D eigenvalue weighted by molar-refractivity contribution is 0.189. The average Bonchev–Trinajstić information content (AvgIpc) is 3.27. The average molecular weight is 470 g/mol. The Kier molecular flexibility index (Phi) is 7.40. The third kappa shape index (κ3) is 5.58. The van der Waals surface area contributed by atoms with Crippen LogP contribution in [-0.2, 0) is 6.54 Å². The summed E-state index contributed by atoms with van der Waals surface area (Å²) >= 11 is 0. The van der Waals surface area contributed by atoms with Gasteiger partial charge in [-0.1, -0.05) is 17.6 Å². The third-order valence-corrected chi connectivity index (χ3v) is 7.16. The van der Waals surface area contributed by atoms with E-state index < -0.39 is 0 Å². The van der Waals surface area contributed by atoms with Gasteiger partial charge in [0.1, 0.15) is 5.82 Å². The van der Waals surface area contributed by atoms with Gasteiger partial charge in [0, 0.05) is 30.5 Å². The molecule has 0 aliphatic carbocycles. The number of halogens is 2. The Morgan fingerprint density at radius 1 is 0.941 bits per heavy atom. The van der Waals surface area contributed by atoms with E-state index in [1.54, 1.807) is 18.2 Å². The Morgan fingerprint density at radius 2 is 1.76 bits per heavy atom. The van der Waals surface area contributed by atoms with Gasteiger partial charge in [-0.25, -0.2) is 8.78 Å². The Hall–Kier alpha value is -2.51. The minimum absolute atomic E-state index is 0.268. The molecular weight excluding hydrogens is 436 g/mol. The topological polar surface area (TPSA) is 41.7 Å². The molecule has 0 unspecified atom stereocenters. The van der Waals surface area contributed by atoms with Gasteiger partial charge < -0.3 is 14.2 Å². The lowest BCUT2D eigenvalue weighted by Crippen LogP contribution is -2.34. The van der Waals surface area contributed by atoms with Gasteiger partial charge in [0.15, 0.2) is 17.1 Å². The van der Waals surface area contributed by atoms with Gasteiger partial charge in [-0.2, -0.15) is 0 Å². The molecule has 0 spiro atoms. The molecule has 5 rings (SSSR count). The third-order valence-electron chi connectivity index (χ3n) is 7.16. The number of rotatable bonds is 8. The maximum Gasteiger partial charge on any atom is 0.170 e. The number of fused-ring (bicyclic) bond motifs is 1. The summed E-state index contributed by atoms with van der Waals surface area (Å²) in [4.78, 5) is 4.81. The van der Waals surface area contributed by atoms with E-state index in [0.717, 1.165) is 75.2 Å². The Bertz CT molecular complexity index is 1090.